The lowest BCUT2D eigenvalue weighted by Crippen LogP contribution is -2.33. The lowest BCUT2D eigenvalue weighted by Gasteiger charge is -2.27. The highest BCUT2D eigenvalue weighted by Crippen LogP contribution is 2.49. The second-order valence-electron chi connectivity index (χ2n) is 26.9. The summed E-state index contributed by atoms with van der Waals surface area (Å²) in [6.07, 6.45) is 7.09. The minimum Gasteiger partial charge on any atom is -0.744 e. The maximum absolute atomic E-state index is 13.3. The van der Waals surface area contributed by atoms with E-state index in [1.54, 1.807) is 18.2 Å². The third-order valence-electron chi connectivity index (χ3n) is 18.0. The van der Waals surface area contributed by atoms with Crippen LogP contribution in [0.5, 0.6) is 5.88 Å². The van der Waals surface area contributed by atoms with Crippen molar-refractivity contribution in [3.05, 3.63) is 143 Å². The summed E-state index contributed by atoms with van der Waals surface area (Å²) in [6, 6.07) is 21.6. The first-order valence-corrected chi connectivity index (χ1v) is 41.6. The summed E-state index contributed by atoms with van der Waals surface area (Å²) in [5.41, 5.74) is 11.0. The summed E-state index contributed by atoms with van der Waals surface area (Å²) in [5, 5.41) is 13.8. The van der Waals surface area contributed by atoms with Crippen LogP contribution in [0.1, 0.15) is 74.8 Å². The molecular weight excluding hydrogens is 1550 g/mol. The molecule has 0 atom stereocenters. The smallest absolute Gasteiger partial charge is 0.245 e. The second kappa shape index (κ2) is 46.4. The van der Waals surface area contributed by atoms with Gasteiger partial charge in [0, 0.05) is 73.5 Å². The molecule has 0 aliphatic carbocycles. The lowest BCUT2D eigenvalue weighted by atomic mass is 9.81. The van der Waals surface area contributed by atoms with Crippen LogP contribution in [0.15, 0.2) is 130 Å². The number of hydrogen-bond acceptors (Lipinski definition) is 29. The molecule has 35 nitrogen and oxygen atoms in total. The first kappa shape index (κ1) is 91.2. The maximum atomic E-state index is 13.3. The number of ether oxygens (including phenoxy) is 13. The summed E-state index contributed by atoms with van der Waals surface area (Å²) in [5.74, 6) is -0.337. The van der Waals surface area contributed by atoms with E-state index < -0.39 is 50.9 Å². The van der Waals surface area contributed by atoms with Gasteiger partial charge in [-0.25, -0.2) is 35.4 Å². The number of anilines is 2. The highest BCUT2D eigenvalue weighted by molar-refractivity contribution is 7.89. The molecule has 114 heavy (non-hydrogen) atoms. The Kier molecular flexibility index (Phi) is 37.1. The van der Waals surface area contributed by atoms with Gasteiger partial charge in [-0.05, 0) is 84.6 Å². The van der Waals surface area contributed by atoms with Crippen molar-refractivity contribution >= 4 is 82.2 Å². The Hall–Kier alpha value is -8.36. The fourth-order valence-electron chi connectivity index (χ4n) is 12.0. The average Bonchev–Trinajstić information content (AvgIpc) is 1.59. The number of nitrogen functional groups attached to an aromatic ring is 1. The van der Waals surface area contributed by atoms with Gasteiger partial charge in [-0.1, -0.05) is 56.3 Å². The van der Waals surface area contributed by atoms with Gasteiger partial charge in [-0.3, -0.25) is 14.4 Å². The topological polar surface area (TPSA) is 469 Å². The molecule has 0 spiro atoms. The molecule has 4 heterocycles. The molecule has 4 aromatic carbocycles. The van der Waals surface area contributed by atoms with Crippen LogP contribution in [0, 0.1) is 0 Å². The van der Waals surface area contributed by atoms with Crippen molar-refractivity contribution in [3.63, 3.8) is 0 Å². The van der Waals surface area contributed by atoms with E-state index in [-0.39, 0.29) is 100 Å². The standard InChI is InChI=1S/C76H105N11O24S3/c1-75(2)62-50-60(113(93,94)95)16-18-64(62)86(66(75)6-5-7-67-76(3,4)63-51-61(114(96,97)98)17-19-65(63)87(67)25-21-69(89)80-53-57-12-14-59(15-13-57)112(78,91)92)24-20-68(88)79-23-27-100-29-31-102-33-35-104-37-39-106-41-43-108-45-47-110-49-48-109-46-44-107-42-40-105-38-36-103-34-32-101-30-28-99-26-22-70(90)81-52-56-8-10-58(11-9-56)54-111-73-71-72(83-55-82-71)84-74(77)85-73/h5-19,50-51,55H,20-49,52-54H2,1-4H3,(H9-,77,78,79,80,81,82,83,84,85,88,89,90,91,92,93,94,95,96,97,98)/p-1. The number of nitrogens with two attached hydrogens (primary N) is 2. The Balaban J connectivity index is 0.578. The molecule has 0 radical (unpaired) electrons. The molecule has 2 aromatic heterocycles. The maximum Gasteiger partial charge on any atom is 0.245 e. The molecular formula is C76H104N11O24S3-. The molecule has 8 rings (SSSR count). The van der Waals surface area contributed by atoms with Crippen molar-refractivity contribution < 1.29 is 115 Å². The molecule has 0 fully saturated rings. The molecule has 6 aromatic rings. The number of nitrogens with zero attached hydrogens (tertiary/aromatic N) is 5. The van der Waals surface area contributed by atoms with Gasteiger partial charge in [0.1, 0.15) is 32.4 Å². The number of carbonyl (C=O) groups is 3. The second-order valence-corrected chi connectivity index (χ2v) is 31.2. The number of imidazole rings is 1. The van der Waals surface area contributed by atoms with Crippen LogP contribution in [-0.4, -0.2) is 261 Å². The van der Waals surface area contributed by atoms with Gasteiger partial charge in [0.05, 0.1) is 191 Å². The van der Waals surface area contributed by atoms with Crippen molar-refractivity contribution in [2.24, 2.45) is 5.14 Å². The fraction of sp³-hybridized carbons (Fsp3) is 0.513. The van der Waals surface area contributed by atoms with Gasteiger partial charge in [-0.15, -0.1) is 0 Å². The van der Waals surface area contributed by atoms with E-state index in [4.69, 9.17) is 72.5 Å². The number of nitrogens with one attached hydrogen (secondary N) is 4. The molecule has 38 heteroatoms. The number of carbonyl (C=O) groups excluding carboxylic acids is 3. The Labute approximate surface area is 664 Å². The molecule has 2 aliphatic rings. The molecule has 0 bridgehead atoms. The largest absolute Gasteiger partial charge is 0.744 e. The number of sulfonamides is 1. The summed E-state index contributed by atoms with van der Waals surface area (Å²) in [7, 11) is -13.6. The van der Waals surface area contributed by atoms with Crippen molar-refractivity contribution in [2.45, 2.75) is 92.2 Å². The van der Waals surface area contributed by atoms with Gasteiger partial charge in [-0.2, -0.15) is 14.5 Å². The van der Waals surface area contributed by atoms with Crippen LogP contribution < -0.4 is 36.5 Å². The molecule has 3 amide bonds. The number of allylic oxidation sites excluding steroid dienone is 4. The van der Waals surface area contributed by atoms with Gasteiger partial charge in [0.25, 0.3) is 0 Å². The van der Waals surface area contributed by atoms with Crippen molar-refractivity contribution in [1.29, 1.82) is 0 Å². The predicted molar refractivity (Wildman–Crippen MR) is 414 cm³/mol. The van der Waals surface area contributed by atoms with E-state index in [1.807, 2.05) is 67.5 Å². The minimum atomic E-state index is -4.84. The first-order valence-electron chi connectivity index (χ1n) is 37.2. The van der Waals surface area contributed by atoms with E-state index in [1.165, 1.54) is 60.9 Å². The normalized spacial score (nSPS) is 14.3. The van der Waals surface area contributed by atoms with Crippen molar-refractivity contribution in [2.75, 3.05) is 189 Å². The fourth-order valence-corrected chi connectivity index (χ4v) is 13.5. The number of H-pyrrole nitrogens is 1. The SMILES string of the molecule is CC1(C)C(/C=C/C=C2/N(CCC(=O)NCCOCCOCCOCCOCCOCCOCCOCCOCCOCCOCCOCCOCCC(=O)NCc3ccc(COc4nc(N)nc5nc[nH]c45)cc3)c3ccc(S(=O)(=O)[O-])cc3C2(C)C)=[N+](CCC(=O)NCc2ccc(S(N)(=O)=O)cc2)c2ccc(S(=O)(=O)[O-])cc21. The summed E-state index contributed by atoms with van der Waals surface area (Å²) in [6.45, 7) is 17.9. The molecule has 2 aliphatic heterocycles. The van der Waals surface area contributed by atoms with E-state index in [9.17, 15) is 48.7 Å². The van der Waals surface area contributed by atoms with Crippen LogP contribution in [0.4, 0.5) is 17.3 Å². The Morgan fingerprint density at radius 2 is 0.947 bits per heavy atom. The summed E-state index contributed by atoms with van der Waals surface area (Å²) in [4.78, 5) is 55.1. The third kappa shape index (κ3) is 30.0. The van der Waals surface area contributed by atoms with Crippen LogP contribution in [0.2, 0.25) is 0 Å². The molecule has 626 valence electrons. The molecule has 8 N–H and O–H groups in total. The Bertz CT molecular complexity index is 4510. The number of aromatic amines is 1. The van der Waals surface area contributed by atoms with Crippen LogP contribution in [0.25, 0.3) is 11.2 Å². The monoisotopic (exact) mass is 1650 g/mol. The third-order valence-corrected chi connectivity index (χ3v) is 20.6. The zero-order valence-electron chi connectivity index (χ0n) is 64.6. The predicted octanol–water partition coefficient (Wildman–Crippen LogP) is 3.70. The molecule has 0 saturated heterocycles. The molecule has 0 saturated carbocycles. The lowest BCUT2D eigenvalue weighted by molar-refractivity contribution is -0.436. The van der Waals surface area contributed by atoms with Crippen molar-refractivity contribution in [1.82, 2.24) is 35.9 Å². The highest BCUT2D eigenvalue weighted by atomic mass is 32.2. The number of primary sulfonamides is 1. The number of fused-ring (bicyclic) bond motifs is 3. The van der Waals surface area contributed by atoms with Gasteiger partial charge in [0.2, 0.25) is 45.3 Å². The van der Waals surface area contributed by atoms with E-state index >= 15 is 0 Å². The number of benzene rings is 4. The summed E-state index contributed by atoms with van der Waals surface area (Å²) < 4.78 is 171. The minimum absolute atomic E-state index is 0.0168. The Morgan fingerprint density at radius 1 is 0.518 bits per heavy atom. The first-order chi connectivity index (χ1) is 54.7. The summed E-state index contributed by atoms with van der Waals surface area (Å²) >= 11 is 0. The van der Waals surface area contributed by atoms with Gasteiger partial charge in [0.15, 0.2) is 17.9 Å². The van der Waals surface area contributed by atoms with Crippen LogP contribution in [0.3, 0.4) is 0 Å². The van der Waals surface area contributed by atoms with Crippen LogP contribution >= 0.6 is 0 Å². The number of hydrogen-bond donors (Lipinski definition) is 6. The highest BCUT2D eigenvalue weighted by Gasteiger charge is 2.45. The number of aromatic nitrogens is 4. The quantitative estimate of drug-likeness (QED) is 0.0180. The van der Waals surface area contributed by atoms with E-state index in [0.29, 0.717) is 202 Å². The van der Waals surface area contributed by atoms with E-state index in [2.05, 4.69) is 35.9 Å². The average molecular weight is 1650 g/mol. The zero-order chi connectivity index (χ0) is 81.8. The number of amides is 3. The van der Waals surface area contributed by atoms with Crippen LogP contribution in [-0.2, 0) is 132 Å². The van der Waals surface area contributed by atoms with Gasteiger partial charge < -0.3 is 102 Å². The number of rotatable bonds is 57. The molecule has 0 unspecified atom stereocenters. The van der Waals surface area contributed by atoms with Crippen molar-refractivity contribution in [3.8, 4) is 5.88 Å². The Morgan fingerprint density at radius 3 is 1.44 bits per heavy atom. The zero-order valence-corrected chi connectivity index (χ0v) is 67.1. The van der Waals surface area contributed by atoms with Gasteiger partial charge >= 0.3 is 0 Å². The van der Waals surface area contributed by atoms with E-state index in [0.717, 1.165) is 11.1 Å².